The van der Waals surface area contributed by atoms with Crippen LogP contribution in [0.4, 0.5) is 10.7 Å². The molecule has 1 heterocycles. The average Bonchev–Trinajstić information content (AvgIpc) is 2.68. The molecular formula is C13H19N3S2. The van der Waals surface area contributed by atoms with Gasteiger partial charge >= 0.3 is 0 Å². The zero-order valence-corrected chi connectivity index (χ0v) is 12.5. The van der Waals surface area contributed by atoms with E-state index >= 15 is 0 Å². The molecule has 1 saturated carbocycles. The number of hydrogen-bond donors (Lipinski definition) is 2. The SMILES string of the molecule is CSc1c(NC2CCC(C)CC2)sc(C#N)c1N. The Kier molecular flexibility index (Phi) is 4.41. The molecule has 0 radical (unpaired) electrons. The zero-order chi connectivity index (χ0) is 13.1. The summed E-state index contributed by atoms with van der Waals surface area (Å²) in [6.07, 6.45) is 7.02. The molecule has 0 amide bonds. The number of thiophene rings is 1. The molecule has 18 heavy (non-hydrogen) atoms. The first kappa shape index (κ1) is 13.6. The Bertz CT molecular complexity index is 454. The highest BCUT2D eigenvalue weighted by atomic mass is 32.2. The lowest BCUT2D eigenvalue weighted by molar-refractivity contribution is 0.361. The van der Waals surface area contributed by atoms with E-state index < -0.39 is 0 Å². The number of nitrogens with zero attached hydrogens (tertiary/aromatic N) is 1. The molecule has 1 aromatic heterocycles. The monoisotopic (exact) mass is 281 g/mol. The summed E-state index contributed by atoms with van der Waals surface area (Å²) in [5.41, 5.74) is 6.62. The second-order valence-corrected chi connectivity index (χ2v) is 6.76. The van der Waals surface area contributed by atoms with E-state index in [1.807, 2.05) is 6.26 Å². The lowest BCUT2D eigenvalue weighted by Crippen LogP contribution is -2.24. The number of nitriles is 1. The fourth-order valence-electron chi connectivity index (χ4n) is 2.40. The summed E-state index contributed by atoms with van der Waals surface area (Å²) in [6.45, 7) is 2.32. The summed E-state index contributed by atoms with van der Waals surface area (Å²) in [5.74, 6) is 0.853. The molecule has 3 N–H and O–H groups in total. The molecule has 0 aliphatic heterocycles. The lowest BCUT2D eigenvalue weighted by atomic mass is 9.87. The molecule has 98 valence electrons. The fourth-order valence-corrected chi connectivity index (χ4v) is 4.30. The molecule has 1 aromatic rings. The van der Waals surface area contributed by atoms with Crippen molar-refractivity contribution in [1.82, 2.24) is 0 Å². The molecule has 0 bridgehead atoms. The van der Waals surface area contributed by atoms with Crippen LogP contribution in [0.5, 0.6) is 0 Å². The summed E-state index contributed by atoms with van der Waals surface area (Å²) in [7, 11) is 0. The molecule has 0 saturated heterocycles. The number of anilines is 2. The van der Waals surface area contributed by atoms with Crippen molar-refractivity contribution in [2.45, 2.75) is 43.5 Å². The van der Waals surface area contributed by atoms with Gasteiger partial charge in [-0.15, -0.1) is 23.1 Å². The Morgan fingerprint density at radius 3 is 2.61 bits per heavy atom. The molecule has 0 aromatic carbocycles. The minimum atomic E-state index is 0.539. The van der Waals surface area contributed by atoms with E-state index in [1.165, 1.54) is 37.0 Å². The van der Waals surface area contributed by atoms with Crippen LogP contribution in [-0.2, 0) is 0 Å². The molecular weight excluding hydrogens is 262 g/mol. The van der Waals surface area contributed by atoms with Gasteiger partial charge in [0.1, 0.15) is 15.9 Å². The Morgan fingerprint density at radius 1 is 1.39 bits per heavy atom. The largest absolute Gasteiger partial charge is 0.396 e. The number of hydrogen-bond acceptors (Lipinski definition) is 5. The van der Waals surface area contributed by atoms with Crippen molar-refractivity contribution < 1.29 is 0 Å². The van der Waals surface area contributed by atoms with Crippen molar-refractivity contribution in [1.29, 1.82) is 5.26 Å². The first-order chi connectivity index (χ1) is 8.65. The second-order valence-electron chi connectivity index (χ2n) is 4.92. The van der Waals surface area contributed by atoms with Gasteiger partial charge in [-0.2, -0.15) is 5.26 Å². The third-order valence-corrected chi connectivity index (χ3v) is 5.56. The predicted octanol–water partition coefficient (Wildman–Crippen LogP) is 3.91. The van der Waals surface area contributed by atoms with Gasteiger partial charge in [-0.25, -0.2) is 0 Å². The smallest absolute Gasteiger partial charge is 0.131 e. The van der Waals surface area contributed by atoms with E-state index in [0.717, 1.165) is 15.8 Å². The van der Waals surface area contributed by atoms with Crippen molar-refractivity contribution in [3.63, 3.8) is 0 Å². The molecule has 0 spiro atoms. The fraction of sp³-hybridized carbons (Fsp3) is 0.615. The van der Waals surface area contributed by atoms with Gasteiger partial charge in [-0.1, -0.05) is 6.92 Å². The molecule has 1 fully saturated rings. The van der Waals surface area contributed by atoms with E-state index in [4.69, 9.17) is 11.0 Å². The minimum absolute atomic E-state index is 0.539. The summed E-state index contributed by atoms with van der Waals surface area (Å²) >= 11 is 3.11. The van der Waals surface area contributed by atoms with E-state index in [-0.39, 0.29) is 0 Å². The van der Waals surface area contributed by atoms with E-state index in [2.05, 4.69) is 18.3 Å². The summed E-state index contributed by atoms with van der Waals surface area (Å²) < 4.78 is 0. The average molecular weight is 281 g/mol. The van der Waals surface area contributed by atoms with E-state index in [1.54, 1.807) is 11.8 Å². The predicted molar refractivity (Wildman–Crippen MR) is 80.3 cm³/mol. The first-order valence-electron chi connectivity index (χ1n) is 6.28. The summed E-state index contributed by atoms with van der Waals surface area (Å²) in [5, 5.41) is 13.7. The van der Waals surface area contributed by atoms with Crippen molar-refractivity contribution in [3.05, 3.63) is 4.88 Å². The number of nitrogen functional groups attached to an aromatic ring is 1. The molecule has 1 aliphatic rings. The third kappa shape index (κ3) is 2.76. The standard InChI is InChI=1S/C13H19N3S2/c1-8-3-5-9(6-4-8)16-13-12(17-2)11(15)10(7-14)18-13/h8-9,16H,3-6,15H2,1-2H3. The van der Waals surface area contributed by atoms with Gasteiger partial charge in [0.2, 0.25) is 0 Å². The quantitative estimate of drug-likeness (QED) is 0.824. The number of rotatable bonds is 3. The molecule has 1 aliphatic carbocycles. The van der Waals surface area contributed by atoms with Crippen LogP contribution in [0.25, 0.3) is 0 Å². The van der Waals surface area contributed by atoms with Crippen LogP contribution in [0, 0.1) is 17.2 Å². The Hall–Kier alpha value is -0.860. The zero-order valence-electron chi connectivity index (χ0n) is 10.8. The summed E-state index contributed by atoms with van der Waals surface area (Å²) in [6, 6.07) is 2.71. The molecule has 0 atom stereocenters. The molecule has 0 unspecified atom stereocenters. The van der Waals surface area contributed by atoms with Gasteiger partial charge in [0.25, 0.3) is 0 Å². The Morgan fingerprint density at radius 2 is 2.06 bits per heavy atom. The van der Waals surface area contributed by atoms with E-state index in [9.17, 15) is 0 Å². The maximum absolute atomic E-state index is 9.04. The first-order valence-corrected chi connectivity index (χ1v) is 8.32. The van der Waals surface area contributed by atoms with Gasteiger partial charge in [0.05, 0.1) is 10.6 Å². The number of thioether (sulfide) groups is 1. The third-order valence-electron chi connectivity index (χ3n) is 3.56. The van der Waals surface area contributed by atoms with Crippen LogP contribution in [0.1, 0.15) is 37.5 Å². The van der Waals surface area contributed by atoms with Crippen LogP contribution >= 0.6 is 23.1 Å². The highest BCUT2D eigenvalue weighted by molar-refractivity contribution is 7.99. The number of nitrogens with one attached hydrogen (secondary N) is 1. The van der Waals surface area contributed by atoms with Crippen LogP contribution < -0.4 is 11.1 Å². The van der Waals surface area contributed by atoms with Gasteiger partial charge in [-0.05, 0) is 37.9 Å². The van der Waals surface area contributed by atoms with Crippen molar-refractivity contribution in [3.8, 4) is 6.07 Å². The van der Waals surface area contributed by atoms with Crippen LogP contribution in [0.15, 0.2) is 4.90 Å². The Labute approximate surface area is 117 Å². The highest BCUT2D eigenvalue weighted by Crippen LogP contribution is 2.42. The topological polar surface area (TPSA) is 61.8 Å². The maximum atomic E-state index is 9.04. The maximum Gasteiger partial charge on any atom is 0.131 e. The second kappa shape index (κ2) is 5.85. The molecule has 2 rings (SSSR count). The van der Waals surface area contributed by atoms with Gasteiger partial charge in [0, 0.05) is 6.04 Å². The van der Waals surface area contributed by atoms with Gasteiger partial charge < -0.3 is 11.1 Å². The highest BCUT2D eigenvalue weighted by Gasteiger charge is 2.21. The van der Waals surface area contributed by atoms with Crippen molar-refractivity contribution in [2.75, 3.05) is 17.3 Å². The van der Waals surface area contributed by atoms with Gasteiger partial charge in [-0.3, -0.25) is 0 Å². The summed E-state index contributed by atoms with van der Waals surface area (Å²) in [4.78, 5) is 1.67. The lowest BCUT2D eigenvalue weighted by Gasteiger charge is -2.27. The Balaban J connectivity index is 2.12. The van der Waals surface area contributed by atoms with Crippen LogP contribution in [0.3, 0.4) is 0 Å². The minimum Gasteiger partial charge on any atom is -0.396 e. The van der Waals surface area contributed by atoms with E-state index in [0.29, 0.717) is 16.6 Å². The molecule has 3 nitrogen and oxygen atoms in total. The van der Waals surface area contributed by atoms with Gasteiger partial charge in [0.15, 0.2) is 0 Å². The van der Waals surface area contributed by atoms with Crippen LogP contribution in [0.2, 0.25) is 0 Å². The van der Waals surface area contributed by atoms with Crippen molar-refractivity contribution in [2.24, 2.45) is 5.92 Å². The number of nitrogens with two attached hydrogens (primary N) is 1. The van der Waals surface area contributed by atoms with Crippen molar-refractivity contribution >= 4 is 33.8 Å². The molecule has 5 heteroatoms. The normalized spacial score (nSPS) is 23.6. The van der Waals surface area contributed by atoms with Crippen LogP contribution in [-0.4, -0.2) is 12.3 Å².